The highest BCUT2D eigenvalue weighted by Crippen LogP contribution is 2.32. The Hall–Kier alpha value is -0.610. The van der Waals surface area contributed by atoms with E-state index >= 15 is 0 Å². The van der Waals surface area contributed by atoms with Gasteiger partial charge >= 0.3 is 0 Å². The molecule has 1 amide bonds. The van der Waals surface area contributed by atoms with Crippen molar-refractivity contribution in [3.63, 3.8) is 0 Å². The highest BCUT2D eigenvalue weighted by atomic mass is 16.5. The van der Waals surface area contributed by atoms with Gasteiger partial charge in [0.15, 0.2) is 0 Å². The average Bonchev–Trinajstić information content (AvgIpc) is 2.99. The van der Waals surface area contributed by atoms with Gasteiger partial charge in [0.2, 0.25) is 5.91 Å². The second-order valence-corrected chi connectivity index (χ2v) is 5.35. The summed E-state index contributed by atoms with van der Waals surface area (Å²) in [4.78, 5) is 14.3. The van der Waals surface area contributed by atoms with E-state index in [1.807, 2.05) is 11.8 Å². The summed E-state index contributed by atoms with van der Waals surface area (Å²) in [6.45, 7) is 6.18. The van der Waals surface area contributed by atoms with Crippen LogP contribution in [0.5, 0.6) is 0 Å². The Morgan fingerprint density at radius 1 is 1.33 bits per heavy atom. The lowest BCUT2D eigenvalue weighted by atomic mass is 10.0. The van der Waals surface area contributed by atoms with Crippen LogP contribution in [0.1, 0.15) is 46.0 Å². The van der Waals surface area contributed by atoms with Gasteiger partial charge in [0.25, 0.3) is 0 Å². The van der Waals surface area contributed by atoms with Gasteiger partial charge in [0.05, 0.1) is 18.8 Å². The predicted octanol–water partition coefficient (Wildman–Crippen LogP) is 1.75. The molecule has 1 aliphatic carbocycles. The maximum absolute atomic E-state index is 12.3. The topological polar surface area (TPSA) is 41.6 Å². The molecule has 0 radical (unpaired) electrons. The molecular weight excluding hydrogens is 228 g/mol. The molecule has 2 rings (SSSR count). The Balaban J connectivity index is 1.97. The van der Waals surface area contributed by atoms with E-state index in [1.54, 1.807) is 0 Å². The largest absolute Gasteiger partial charge is 0.380 e. The van der Waals surface area contributed by atoms with Crippen LogP contribution < -0.4 is 5.32 Å². The minimum Gasteiger partial charge on any atom is -0.380 e. The van der Waals surface area contributed by atoms with Crippen molar-refractivity contribution in [1.82, 2.24) is 10.2 Å². The first-order valence-corrected chi connectivity index (χ1v) is 7.42. The number of carbonyl (C=O) groups is 1. The summed E-state index contributed by atoms with van der Waals surface area (Å²) in [5.74, 6) is 0.918. The molecule has 0 bridgehead atoms. The third kappa shape index (κ3) is 2.86. The Bertz CT molecular complexity index is 277. The number of hydrogen-bond donors (Lipinski definition) is 1. The normalized spacial score (nSPS) is 29.4. The first-order valence-electron chi connectivity index (χ1n) is 7.42. The summed E-state index contributed by atoms with van der Waals surface area (Å²) in [5.41, 5.74) is 0. The molecule has 4 heteroatoms. The number of nitrogens with zero attached hydrogens (tertiary/aromatic N) is 1. The molecule has 0 spiro atoms. The van der Waals surface area contributed by atoms with Gasteiger partial charge in [-0.3, -0.25) is 10.1 Å². The summed E-state index contributed by atoms with van der Waals surface area (Å²) in [5, 5.41) is 3.53. The van der Waals surface area contributed by atoms with Gasteiger partial charge in [-0.05, 0) is 32.1 Å². The molecule has 4 nitrogen and oxygen atoms in total. The lowest BCUT2D eigenvalue weighted by molar-refractivity contribution is -0.131. The fourth-order valence-corrected chi connectivity index (χ4v) is 3.22. The molecule has 1 saturated carbocycles. The number of rotatable bonds is 6. The third-order valence-electron chi connectivity index (χ3n) is 4.22. The number of carbonyl (C=O) groups excluding carboxylic acids is 1. The van der Waals surface area contributed by atoms with Crippen molar-refractivity contribution in [1.29, 1.82) is 0 Å². The molecule has 0 aromatic heterocycles. The van der Waals surface area contributed by atoms with Crippen LogP contribution in [0.2, 0.25) is 0 Å². The summed E-state index contributed by atoms with van der Waals surface area (Å²) in [6.07, 6.45) is 6.28. The molecule has 1 N–H and O–H groups in total. The second kappa shape index (κ2) is 6.53. The van der Waals surface area contributed by atoms with Gasteiger partial charge in [-0.15, -0.1) is 0 Å². The van der Waals surface area contributed by atoms with Crippen LogP contribution in [0.3, 0.4) is 0 Å². The molecule has 1 heterocycles. The van der Waals surface area contributed by atoms with Crippen LogP contribution in [0.4, 0.5) is 0 Å². The first kappa shape index (κ1) is 13.8. The van der Waals surface area contributed by atoms with Gasteiger partial charge in [0.1, 0.15) is 0 Å². The van der Waals surface area contributed by atoms with E-state index in [4.69, 9.17) is 4.74 Å². The van der Waals surface area contributed by atoms with Gasteiger partial charge < -0.3 is 9.64 Å². The highest BCUT2D eigenvalue weighted by molar-refractivity contribution is 5.84. The lowest BCUT2D eigenvalue weighted by Gasteiger charge is -2.28. The van der Waals surface area contributed by atoms with E-state index < -0.39 is 0 Å². The van der Waals surface area contributed by atoms with Crippen molar-refractivity contribution in [2.45, 2.75) is 58.2 Å². The zero-order valence-corrected chi connectivity index (χ0v) is 11.7. The molecule has 18 heavy (non-hydrogen) atoms. The Morgan fingerprint density at radius 2 is 2.06 bits per heavy atom. The molecule has 2 atom stereocenters. The second-order valence-electron chi connectivity index (χ2n) is 5.35. The van der Waals surface area contributed by atoms with Crippen LogP contribution in [0.25, 0.3) is 0 Å². The Labute approximate surface area is 110 Å². The van der Waals surface area contributed by atoms with Gasteiger partial charge in [0, 0.05) is 13.2 Å². The smallest absolute Gasteiger partial charge is 0.241 e. The number of ether oxygens (including phenoxy) is 1. The average molecular weight is 254 g/mol. The van der Waals surface area contributed by atoms with Crippen LogP contribution >= 0.6 is 0 Å². The molecule has 104 valence electrons. The predicted molar refractivity (Wildman–Crippen MR) is 71.2 cm³/mol. The van der Waals surface area contributed by atoms with E-state index in [0.717, 1.165) is 19.6 Å². The van der Waals surface area contributed by atoms with Crippen molar-refractivity contribution in [2.24, 2.45) is 5.92 Å². The maximum Gasteiger partial charge on any atom is 0.241 e. The monoisotopic (exact) mass is 254 g/mol. The minimum absolute atomic E-state index is 0.0252. The fraction of sp³-hybridized carbons (Fsp3) is 0.929. The number of hydrogen-bond acceptors (Lipinski definition) is 3. The highest BCUT2D eigenvalue weighted by Gasteiger charge is 2.41. The van der Waals surface area contributed by atoms with Crippen molar-refractivity contribution in [3.05, 3.63) is 0 Å². The van der Waals surface area contributed by atoms with Crippen molar-refractivity contribution >= 4 is 5.91 Å². The maximum atomic E-state index is 12.3. The standard InChI is InChI=1S/C14H26N2O2/c1-3-12-14(17)16(9-10-18-4-2)13(15-12)11-7-5-6-8-11/h11-13,15H,3-10H2,1-2H3. The fourth-order valence-electron chi connectivity index (χ4n) is 3.22. The first-order chi connectivity index (χ1) is 8.77. The van der Waals surface area contributed by atoms with Crippen LogP contribution in [-0.4, -0.2) is 42.8 Å². The van der Waals surface area contributed by atoms with E-state index in [9.17, 15) is 4.79 Å². The van der Waals surface area contributed by atoms with E-state index in [-0.39, 0.29) is 18.1 Å². The van der Waals surface area contributed by atoms with Crippen LogP contribution in [0, 0.1) is 5.92 Å². The van der Waals surface area contributed by atoms with Crippen molar-refractivity contribution in [2.75, 3.05) is 19.8 Å². The van der Waals surface area contributed by atoms with Crippen molar-refractivity contribution < 1.29 is 9.53 Å². The molecule has 1 saturated heterocycles. The molecule has 2 fully saturated rings. The minimum atomic E-state index is 0.0252. The van der Waals surface area contributed by atoms with E-state index in [0.29, 0.717) is 12.5 Å². The zero-order chi connectivity index (χ0) is 13.0. The number of amides is 1. The van der Waals surface area contributed by atoms with Crippen LogP contribution in [0.15, 0.2) is 0 Å². The van der Waals surface area contributed by atoms with Gasteiger partial charge in [-0.1, -0.05) is 19.8 Å². The molecule has 2 aliphatic rings. The summed E-state index contributed by atoms with van der Waals surface area (Å²) in [6, 6.07) is 0.0252. The van der Waals surface area contributed by atoms with Gasteiger partial charge in [-0.25, -0.2) is 0 Å². The lowest BCUT2D eigenvalue weighted by Crippen LogP contribution is -2.44. The molecule has 0 aromatic rings. The van der Waals surface area contributed by atoms with Crippen LogP contribution in [-0.2, 0) is 9.53 Å². The van der Waals surface area contributed by atoms with Gasteiger partial charge in [-0.2, -0.15) is 0 Å². The summed E-state index contributed by atoms with van der Waals surface area (Å²) >= 11 is 0. The van der Waals surface area contributed by atoms with E-state index in [2.05, 4.69) is 12.2 Å². The quantitative estimate of drug-likeness (QED) is 0.734. The third-order valence-corrected chi connectivity index (χ3v) is 4.22. The van der Waals surface area contributed by atoms with Crippen molar-refractivity contribution in [3.8, 4) is 0 Å². The number of nitrogens with one attached hydrogen (secondary N) is 1. The molecule has 0 aromatic carbocycles. The molecular formula is C14H26N2O2. The van der Waals surface area contributed by atoms with E-state index in [1.165, 1.54) is 25.7 Å². The zero-order valence-electron chi connectivity index (χ0n) is 11.7. The molecule has 2 unspecified atom stereocenters. The molecule has 1 aliphatic heterocycles. The SMILES string of the molecule is CCOCCN1C(=O)C(CC)NC1C1CCCC1. The summed E-state index contributed by atoms with van der Waals surface area (Å²) < 4.78 is 5.40. The Kier molecular flexibility index (Phi) is 5.01. The summed E-state index contributed by atoms with van der Waals surface area (Å²) in [7, 11) is 0. The Morgan fingerprint density at radius 3 is 2.67 bits per heavy atom.